The summed E-state index contributed by atoms with van der Waals surface area (Å²) in [6.45, 7) is 3.64. The van der Waals surface area contributed by atoms with E-state index in [9.17, 15) is 8.78 Å². The number of nitrogens with one attached hydrogen (secondary N) is 2. The van der Waals surface area contributed by atoms with Crippen molar-refractivity contribution in [1.29, 1.82) is 0 Å². The van der Waals surface area contributed by atoms with Crippen molar-refractivity contribution in [3.05, 3.63) is 125 Å². The van der Waals surface area contributed by atoms with Crippen LogP contribution in [-0.2, 0) is 0 Å². The van der Waals surface area contributed by atoms with Crippen LogP contribution < -0.4 is 26.8 Å². The van der Waals surface area contributed by atoms with Gasteiger partial charge in [0.25, 0.3) is 0 Å². The second kappa shape index (κ2) is 14.4. The molecule has 8 aromatic rings. The number of methoxy groups -OCH3 is 1. The Morgan fingerprint density at radius 1 is 0.604 bits per heavy atom. The lowest BCUT2D eigenvalue weighted by atomic mass is 10.3. The van der Waals surface area contributed by atoms with Gasteiger partial charge in [0.05, 0.1) is 29.2 Å². The summed E-state index contributed by atoms with van der Waals surface area (Å²) >= 11 is 6.00. The van der Waals surface area contributed by atoms with E-state index in [4.69, 9.17) is 27.8 Å². The molecule has 4 aromatic carbocycles. The van der Waals surface area contributed by atoms with Crippen molar-refractivity contribution in [3.8, 4) is 17.4 Å². The Morgan fingerprint density at radius 2 is 1.09 bits per heavy atom. The van der Waals surface area contributed by atoms with Gasteiger partial charge in [0.2, 0.25) is 11.9 Å². The third-order valence-electron chi connectivity index (χ3n) is 7.90. The number of rotatable bonds is 7. The van der Waals surface area contributed by atoms with E-state index in [0.717, 1.165) is 11.4 Å². The molecule has 0 spiro atoms. The van der Waals surface area contributed by atoms with Crippen LogP contribution in [0.2, 0.25) is 5.02 Å². The first-order valence-corrected chi connectivity index (χ1v) is 16.4. The number of ether oxygens (including phenoxy) is 1. The molecule has 0 aliphatic carbocycles. The molecule has 0 fully saturated rings. The average molecular weight is 733 g/mol. The number of aryl methyl sites for hydroxylation is 2. The summed E-state index contributed by atoms with van der Waals surface area (Å²) < 4.78 is 36.1. The van der Waals surface area contributed by atoms with E-state index < -0.39 is 0 Å². The number of fused-ring (bicyclic) bond motifs is 2. The maximum Gasteiger partial charge on any atom is 0.231 e. The lowest BCUT2D eigenvalue weighted by Crippen LogP contribution is -2.07. The van der Waals surface area contributed by atoms with E-state index in [1.165, 1.54) is 24.3 Å². The molecule has 0 saturated heterocycles. The average Bonchev–Trinajstić information content (AvgIpc) is 3.62. The van der Waals surface area contributed by atoms with Gasteiger partial charge in [-0.15, -0.1) is 0 Å². The van der Waals surface area contributed by atoms with Crippen molar-refractivity contribution < 1.29 is 13.5 Å². The van der Waals surface area contributed by atoms with E-state index in [-0.39, 0.29) is 23.3 Å². The zero-order chi connectivity index (χ0) is 37.2. The quantitative estimate of drug-likeness (QED) is 0.126. The number of benzene rings is 4. The largest absolute Gasteiger partial charge is 0.497 e. The predicted octanol–water partition coefficient (Wildman–Crippen LogP) is 7.84. The minimum absolute atomic E-state index is 0.275. The maximum absolute atomic E-state index is 13.7. The number of hydrogen-bond donors (Lipinski definition) is 4. The second-order valence-electron chi connectivity index (χ2n) is 11.7. The fourth-order valence-electron chi connectivity index (χ4n) is 5.69. The molecule has 0 aliphatic rings. The van der Waals surface area contributed by atoms with Gasteiger partial charge in [-0.25, -0.2) is 18.7 Å². The van der Waals surface area contributed by atoms with Gasteiger partial charge in [-0.3, -0.25) is 9.13 Å². The van der Waals surface area contributed by atoms with Crippen LogP contribution in [0.1, 0.15) is 11.6 Å². The summed E-state index contributed by atoms with van der Waals surface area (Å²) in [7, 11) is 1.60. The van der Waals surface area contributed by atoms with Crippen LogP contribution in [0.25, 0.3) is 33.7 Å². The van der Waals surface area contributed by atoms with Crippen molar-refractivity contribution in [3.63, 3.8) is 0 Å². The summed E-state index contributed by atoms with van der Waals surface area (Å²) in [5.74, 6) is 3.51. The Balaban J connectivity index is 0.000000164. The third kappa shape index (κ3) is 7.60. The maximum atomic E-state index is 13.7. The number of nitrogens with zero attached hydrogens (tertiary/aromatic N) is 8. The summed E-state index contributed by atoms with van der Waals surface area (Å²) in [6.07, 6.45) is 0. The molecule has 6 N–H and O–H groups in total. The Morgan fingerprint density at radius 3 is 1.58 bits per heavy atom. The highest BCUT2D eigenvalue weighted by atomic mass is 35.5. The minimum Gasteiger partial charge on any atom is -0.497 e. The Kier molecular flexibility index (Phi) is 9.39. The van der Waals surface area contributed by atoms with E-state index in [1.807, 2.05) is 50.2 Å². The Bertz CT molecular complexity index is 2630. The molecule has 53 heavy (non-hydrogen) atoms. The van der Waals surface area contributed by atoms with E-state index in [0.29, 0.717) is 68.0 Å². The summed E-state index contributed by atoms with van der Waals surface area (Å²) in [6, 6.07) is 26.6. The van der Waals surface area contributed by atoms with Crippen molar-refractivity contribution >= 4 is 68.6 Å². The minimum atomic E-state index is -0.349. The van der Waals surface area contributed by atoms with Crippen molar-refractivity contribution in [2.75, 3.05) is 29.2 Å². The summed E-state index contributed by atoms with van der Waals surface area (Å²) in [4.78, 5) is 26.3. The van der Waals surface area contributed by atoms with E-state index >= 15 is 0 Å². The number of imidazole rings is 2. The smallest absolute Gasteiger partial charge is 0.231 e. The lowest BCUT2D eigenvalue weighted by molar-refractivity contribution is 0.415. The first-order chi connectivity index (χ1) is 25.5. The van der Waals surface area contributed by atoms with Gasteiger partial charge in [0, 0.05) is 46.7 Å². The van der Waals surface area contributed by atoms with Gasteiger partial charge in [0.1, 0.15) is 52.3 Å². The van der Waals surface area contributed by atoms with Gasteiger partial charge in [-0.05, 0) is 68.4 Å². The van der Waals surface area contributed by atoms with Gasteiger partial charge in [-0.2, -0.15) is 19.9 Å². The molecule has 0 atom stereocenters. The molecule has 16 heteroatoms. The van der Waals surface area contributed by atoms with Crippen LogP contribution in [0.4, 0.5) is 43.7 Å². The van der Waals surface area contributed by atoms with Crippen LogP contribution in [0.3, 0.4) is 0 Å². The molecule has 4 heterocycles. The predicted molar refractivity (Wildman–Crippen MR) is 203 cm³/mol. The van der Waals surface area contributed by atoms with Crippen LogP contribution in [0.15, 0.2) is 97.1 Å². The molecular formula is C37H31ClF2N12O. The van der Waals surface area contributed by atoms with E-state index in [1.54, 1.807) is 52.6 Å². The molecule has 0 saturated carbocycles. The molecule has 13 nitrogen and oxygen atoms in total. The molecule has 8 rings (SSSR count). The van der Waals surface area contributed by atoms with Crippen molar-refractivity contribution in [2.45, 2.75) is 13.8 Å². The van der Waals surface area contributed by atoms with Crippen LogP contribution in [-0.4, -0.2) is 46.1 Å². The van der Waals surface area contributed by atoms with Gasteiger partial charge in [0.15, 0.2) is 0 Å². The van der Waals surface area contributed by atoms with Crippen LogP contribution in [0, 0.1) is 25.5 Å². The molecule has 4 aromatic heterocycles. The summed E-state index contributed by atoms with van der Waals surface area (Å²) in [5, 5.41) is 6.77. The standard InChI is InChI=1S/C19H17FN6O.C18H14ClFN6/c1-11-22-15-7-6-12(20)8-16(15)26(11)18-10-17(21)24-19(25-18)23-13-4-3-5-14(9-13)27-2;1-10-22-14-6-5-12(20)8-15(14)26(10)17-9-16(21)24-18(25-17)23-13-4-2-3-11(19)7-13/h3-10H,1-2H3,(H3,21,23,24,25);2-9H,1H3,(H3,21,23,24,25). The van der Waals surface area contributed by atoms with Gasteiger partial charge < -0.3 is 26.8 Å². The molecule has 0 amide bonds. The number of nitrogen functional groups attached to an aromatic ring is 2. The fraction of sp³-hybridized carbons (Fsp3) is 0.0811. The highest BCUT2D eigenvalue weighted by Gasteiger charge is 2.15. The zero-order valence-electron chi connectivity index (χ0n) is 28.5. The zero-order valence-corrected chi connectivity index (χ0v) is 29.3. The topological polar surface area (TPSA) is 173 Å². The lowest BCUT2D eigenvalue weighted by Gasteiger charge is -2.11. The molecule has 0 bridgehead atoms. The van der Waals surface area contributed by atoms with Crippen LogP contribution >= 0.6 is 11.6 Å². The molecular weight excluding hydrogens is 702 g/mol. The highest BCUT2D eigenvalue weighted by molar-refractivity contribution is 6.30. The van der Waals surface area contributed by atoms with E-state index in [2.05, 4.69) is 40.5 Å². The van der Waals surface area contributed by atoms with Crippen molar-refractivity contribution in [1.82, 2.24) is 39.0 Å². The molecule has 266 valence electrons. The van der Waals surface area contributed by atoms with Gasteiger partial charge >= 0.3 is 0 Å². The second-order valence-corrected chi connectivity index (χ2v) is 12.1. The first kappa shape index (κ1) is 34.6. The normalized spacial score (nSPS) is 11.0. The fourth-order valence-corrected chi connectivity index (χ4v) is 5.88. The molecule has 0 radical (unpaired) electrons. The molecule has 0 unspecified atom stereocenters. The number of hydrogen-bond acceptors (Lipinski definition) is 11. The van der Waals surface area contributed by atoms with Crippen molar-refractivity contribution in [2.24, 2.45) is 0 Å². The summed E-state index contributed by atoms with van der Waals surface area (Å²) in [5.41, 5.74) is 16.0. The Hall–Kier alpha value is -6.87. The first-order valence-electron chi connectivity index (χ1n) is 16.1. The number of nitrogens with two attached hydrogens (primary N) is 2. The monoisotopic (exact) mass is 732 g/mol. The number of anilines is 6. The Labute approximate surface area is 306 Å². The third-order valence-corrected chi connectivity index (χ3v) is 8.13. The highest BCUT2D eigenvalue weighted by Crippen LogP contribution is 2.26. The number of halogens is 3. The van der Waals surface area contributed by atoms with Gasteiger partial charge in [-0.1, -0.05) is 23.7 Å². The molecule has 0 aliphatic heterocycles. The number of aromatic nitrogens is 8. The van der Waals surface area contributed by atoms with Crippen LogP contribution in [0.5, 0.6) is 5.75 Å². The SMILES string of the molecule is COc1cccc(Nc2nc(N)cc(-n3c(C)nc4ccc(F)cc43)n2)c1.Cc1nc2ccc(F)cc2n1-c1cc(N)nc(Nc2cccc(Cl)c2)n1.